The van der Waals surface area contributed by atoms with Gasteiger partial charge in [0.15, 0.2) is 0 Å². The van der Waals surface area contributed by atoms with Crippen molar-refractivity contribution in [3.8, 4) is 28.7 Å². The van der Waals surface area contributed by atoms with Crippen LogP contribution in [0.15, 0.2) is 126 Å². The second kappa shape index (κ2) is 13.9. The van der Waals surface area contributed by atoms with Crippen LogP contribution in [-0.4, -0.2) is 11.2 Å². The molecule has 11 N–H and O–H groups in total. The van der Waals surface area contributed by atoms with Gasteiger partial charge in [-0.15, -0.1) is 0 Å². The summed E-state index contributed by atoms with van der Waals surface area (Å²) in [6.45, 7) is 1.87. The molecule has 0 bridgehead atoms. The van der Waals surface area contributed by atoms with Crippen LogP contribution < -0.4 is 56.5 Å². The Morgan fingerprint density at radius 2 is 0.918 bits per heavy atom. The zero-order valence-corrected chi connectivity index (χ0v) is 29.2. The average molecular weight is 723 g/mol. The first kappa shape index (κ1) is 34.0. The number of nitrogen functional groups attached to an aromatic ring is 5. The molecule has 0 saturated carbocycles. The van der Waals surface area contributed by atoms with Crippen LogP contribution in [0.3, 0.4) is 0 Å². The predicted octanol–water partition coefficient (Wildman–Crippen LogP) is 7.73. The molecule has 1 heterocycles. The fourth-order valence-electron chi connectivity index (χ4n) is 4.58. The van der Waals surface area contributed by atoms with Crippen LogP contribution in [0, 0.1) is 0 Å². The Balaban J connectivity index is 1.65. The van der Waals surface area contributed by atoms with Crippen molar-refractivity contribution in [1.82, 2.24) is 9.46 Å². The molecule has 0 saturated heterocycles. The van der Waals surface area contributed by atoms with Crippen molar-refractivity contribution in [3.05, 3.63) is 121 Å². The molecule has 6 rings (SSSR count). The van der Waals surface area contributed by atoms with Gasteiger partial charge in [0.2, 0.25) is 0 Å². The van der Waals surface area contributed by atoms with E-state index in [1.54, 1.807) is 128 Å². The van der Waals surface area contributed by atoms with Crippen LogP contribution in [0.2, 0.25) is 0 Å². The van der Waals surface area contributed by atoms with Crippen LogP contribution in [0.1, 0.15) is 6.92 Å². The van der Waals surface area contributed by atoms with E-state index in [0.29, 0.717) is 57.2 Å². The van der Waals surface area contributed by atoms with E-state index in [9.17, 15) is 0 Å². The van der Waals surface area contributed by atoms with Crippen molar-refractivity contribution >= 4 is 52.6 Å². The van der Waals surface area contributed by atoms with Crippen LogP contribution in [-0.2, 0) is 4.52 Å². The van der Waals surface area contributed by atoms with E-state index in [1.807, 2.05) is 0 Å². The Labute approximate surface area is 285 Å². The first-order valence-electron chi connectivity index (χ1n) is 15.0. The summed E-state index contributed by atoms with van der Waals surface area (Å²) in [6.07, 6.45) is 0. The molecule has 5 aromatic carbocycles. The molecule has 0 aromatic heterocycles. The van der Waals surface area contributed by atoms with Gasteiger partial charge in [-0.2, -0.15) is 0 Å². The minimum atomic E-state index is -5.16. The molecule has 0 spiro atoms. The molecule has 0 aliphatic carbocycles. The van der Waals surface area contributed by atoms with Crippen molar-refractivity contribution in [1.29, 1.82) is 0 Å². The molecule has 1 atom stereocenters. The molecule has 17 heteroatoms. The molecule has 1 aliphatic heterocycles. The number of rotatable bonds is 12. The van der Waals surface area contributed by atoms with Crippen molar-refractivity contribution in [2.24, 2.45) is 4.52 Å². The summed E-state index contributed by atoms with van der Waals surface area (Å²) in [5, 5.41) is 0. The van der Waals surface area contributed by atoms with Gasteiger partial charge in [-0.25, -0.2) is 0 Å². The summed E-state index contributed by atoms with van der Waals surface area (Å²) in [5.41, 5.74) is 32.9. The number of anilines is 5. The third-order valence-electron chi connectivity index (χ3n) is 6.85. The first-order chi connectivity index (χ1) is 23.6. The van der Waals surface area contributed by atoms with Gasteiger partial charge < -0.3 is 0 Å². The van der Waals surface area contributed by atoms with E-state index < -0.39 is 24.1 Å². The fourth-order valence-corrected chi connectivity index (χ4v) is 14.1. The van der Waals surface area contributed by atoms with Crippen LogP contribution >= 0.6 is 24.1 Å². The zero-order valence-electron chi connectivity index (χ0n) is 26.4. The summed E-state index contributed by atoms with van der Waals surface area (Å²) in [6, 6.07) is 33.8. The van der Waals surface area contributed by atoms with Gasteiger partial charge in [0, 0.05) is 0 Å². The number of hydrogen-bond acceptors (Lipinski definition) is 14. The normalized spacial score (nSPS) is 17.4. The van der Waals surface area contributed by atoms with E-state index in [-0.39, 0.29) is 6.61 Å². The Bertz CT molecular complexity index is 1840. The van der Waals surface area contributed by atoms with Gasteiger partial charge in [0.25, 0.3) is 0 Å². The van der Waals surface area contributed by atoms with Gasteiger partial charge in [-0.05, 0) is 0 Å². The monoisotopic (exact) mass is 722 g/mol. The second-order valence-corrected chi connectivity index (χ2v) is 17.2. The molecule has 49 heavy (non-hydrogen) atoms. The average Bonchev–Trinajstić information content (AvgIpc) is 3.08. The van der Waals surface area contributed by atoms with E-state index in [4.69, 9.17) is 60.6 Å². The van der Waals surface area contributed by atoms with Gasteiger partial charge in [0.1, 0.15) is 0 Å². The van der Waals surface area contributed by atoms with Crippen molar-refractivity contribution < 1.29 is 27.5 Å². The number of nitrogens with zero attached hydrogens (tertiary/aromatic N) is 2. The van der Waals surface area contributed by atoms with Gasteiger partial charge in [0.05, 0.1) is 0 Å². The molecule has 5 aromatic rings. The second-order valence-electron chi connectivity index (χ2n) is 10.6. The summed E-state index contributed by atoms with van der Waals surface area (Å²) in [4.78, 5) is 10.2. The summed E-state index contributed by atoms with van der Waals surface area (Å²) >= 11 is 0. The molecule has 0 fully saturated rings. The molecule has 14 nitrogen and oxygen atoms in total. The van der Waals surface area contributed by atoms with E-state index in [0.717, 1.165) is 0 Å². The summed E-state index contributed by atoms with van der Waals surface area (Å²) in [5.74, 6) is 1.72. The van der Waals surface area contributed by atoms with Gasteiger partial charge in [-0.1, -0.05) is 0 Å². The van der Waals surface area contributed by atoms with E-state index in [2.05, 4.69) is 4.86 Å². The third-order valence-corrected chi connectivity index (χ3v) is 15.6. The Morgan fingerprint density at radius 1 is 0.571 bits per heavy atom. The number of nitrogens with one attached hydrogen (secondary N) is 1. The SMILES string of the molecule is CCOP1(Oc2ccc(N)cc2)(Oc2ccc(N)cc2)NPN=P(Oc2ccc(N)cc2)(Oc2ccc(N)cc2)N1Oc1ccc(N)cc1. The number of hydrogen-bond donors (Lipinski definition) is 6. The Morgan fingerprint density at radius 3 is 1.29 bits per heavy atom. The van der Waals surface area contributed by atoms with E-state index >= 15 is 0 Å². The number of benzene rings is 5. The molecular weight excluding hydrogens is 685 g/mol. The Kier molecular flexibility index (Phi) is 9.63. The van der Waals surface area contributed by atoms with Gasteiger partial charge in [-0.3, -0.25) is 0 Å². The van der Waals surface area contributed by atoms with Crippen LogP contribution in [0.5, 0.6) is 28.7 Å². The maximum atomic E-state index is 6.98. The molecule has 0 radical (unpaired) electrons. The maximum absolute atomic E-state index is 6.98. The molecular formula is C32H37N8O6P3. The molecule has 1 unspecified atom stereocenters. The van der Waals surface area contributed by atoms with Crippen LogP contribution in [0.4, 0.5) is 28.4 Å². The quantitative estimate of drug-likeness (QED) is 0.0538. The minimum absolute atomic E-state index is 0.0740. The topological polar surface area (TPSA) is 213 Å². The van der Waals surface area contributed by atoms with E-state index in [1.165, 1.54) is 4.60 Å². The fraction of sp³-hybridized carbons (Fsp3) is 0.0625. The van der Waals surface area contributed by atoms with Crippen molar-refractivity contribution in [2.45, 2.75) is 6.92 Å². The van der Waals surface area contributed by atoms with Crippen molar-refractivity contribution in [3.63, 3.8) is 0 Å². The molecule has 0 amide bonds. The molecule has 1 aliphatic rings. The molecule has 256 valence electrons. The summed E-state index contributed by atoms with van der Waals surface area (Å²) < 4.78 is 40.6. The first-order valence-corrected chi connectivity index (χ1v) is 19.4. The van der Waals surface area contributed by atoms with Gasteiger partial charge >= 0.3 is 286 Å². The predicted molar refractivity (Wildman–Crippen MR) is 199 cm³/mol. The third kappa shape index (κ3) is 7.40. The standard InChI is InChI=1S/C32H37N8O6P3/c1-2-41-49(45-31-19-9-26(36)10-20-31,46-32-21-11-27(37)12-22-32)39-47-38-48(43-29-15-5-24(34)6-16-29,44-30-17-7-25(35)8-18-30)40(49)42-28-13-3-23(33)4-14-28/h3-22,39,47H,2,33-37H2,1H3. The van der Waals surface area contributed by atoms with Crippen molar-refractivity contribution in [2.75, 3.05) is 35.3 Å². The zero-order chi connectivity index (χ0) is 34.5. The summed E-state index contributed by atoms with van der Waals surface area (Å²) in [7, 11) is -9.57. The van der Waals surface area contributed by atoms with Crippen LogP contribution in [0.25, 0.3) is 0 Å². The Hall–Kier alpha value is -4.93. The number of nitrogens with two attached hydrogens (primary N) is 5.